The maximum atomic E-state index is 13.5. The SMILES string of the molecule is COc1cccc(/C(O)=C2\C(=O)C(=O)N(c3nc4ccc(C)cc4s3)C2c2ccc(OC(C)C)cc2)c1. The number of hydrogen-bond donors (Lipinski definition) is 1. The summed E-state index contributed by atoms with van der Waals surface area (Å²) in [5.41, 5.74) is 2.82. The summed E-state index contributed by atoms with van der Waals surface area (Å²) in [6.45, 7) is 5.86. The van der Waals surface area contributed by atoms with Gasteiger partial charge >= 0.3 is 5.91 Å². The third-order valence-electron chi connectivity index (χ3n) is 6.09. The molecule has 0 radical (unpaired) electrons. The molecule has 0 bridgehead atoms. The Hall–Kier alpha value is -4.17. The van der Waals surface area contributed by atoms with E-state index in [2.05, 4.69) is 4.98 Å². The Bertz CT molecular complexity index is 1540. The monoisotopic (exact) mass is 514 g/mol. The van der Waals surface area contributed by atoms with Gasteiger partial charge in [-0.3, -0.25) is 14.5 Å². The molecular weight excluding hydrogens is 488 g/mol. The number of rotatable bonds is 6. The highest BCUT2D eigenvalue weighted by Crippen LogP contribution is 2.44. The molecule has 2 heterocycles. The molecule has 1 saturated heterocycles. The van der Waals surface area contributed by atoms with Crippen LogP contribution in [0.3, 0.4) is 0 Å². The molecule has 8 heteroatoms. The number of carbonyl (C=O) groups is 2. The average Bonchev–Trinajstić information content (AvgIpc) is 3.41. The van der Waals surface area contributed by atoms with Gasteiger partial charge in [-0.1, -0.05) is 41.7 Å². The van der Waals surface area contributed by atoms with Gasteiger partial charge in [-0.05, 0) is 68.3 Å². The molecule has 188 valence electrons. The van der Waals surface area contributed by atoms with Crippen molar-refractivity contribution >= 4 is 44.1 Å². The molecule has 0 saturated carbocycles. The first-order chi connectivity index (χ1) is 17.8. The van der Waals surface area contributed by atoms with Crippen LogP contribution in [-0.4, -0.2) is 35.0 Å². The molecule has 0 spiro atoms. The number of anilines is 1. The summed E-state index contributed by atoms with van der Waals surface area (Å²) in [7, 11) is 1.52. The summed E-state index contributed by atoms with van der Waals surface area (Å²) in [5.74, 6) is -0.606. The van der Waals surface area contributed by atoms with Gasteiger partial charge in [0.05, 0.1) is 35.0 Å². The van der Waals surface area contributed by atoms with E-state index in [9.17, 15) is 14.7 Å². The Kier molecular flexibility index (Phi) is 6.43. The summed E-state index contributed by atoms with van der Waals surface area (Å²) in [6, 6.07) is 18.9. The third kappa shape index (κ3) is 4.56. The topological polar surface area (TPSA) is 89.0 Å². The number of ketones is 1. The van der Waals surface area contributed by atoms with Crippen LogP contribution >= 0.6 is 11.3 Å². The molecule has 1 aromatic heterocycles. The first kappa shape index (κ1) is 24.5. The number of aryl methyl sites for hydroxylation is 1. The van der Waals surface area contributed by atoms with E-state index in [1.165, 1.54) is 23.3 Å². The fourth-order valence-electron chi connectivity index (χ4n) is 4.39. The highest BCUT2D eigenvalue weighted by molar-refractivity contribution is 7.22. The largest absolute Gasteiger partial charge is 0.507 e. The standard InChI is InChI=1S/C29H26N2O5S/c1-16(2)36-20-11-9-18(10-12-20)25-24(26(32)19-6-5-7-21(15-19)35-4)27(33)28(34)31(25)29-30-22-13-8-17(3)14-23(22)37-29/h5-16,25,32H,1-4H3/b26-24+. The van der Waals surface area contributed by atoms with Gasteiger partial charge < -0.3 is 14.6 Å². The van der Waals surface area contributed by atoms with Gasteiger partial charge in [0.1, 0.15) is 17.3 Å². The van der Waals surface area contributed by atoms with Crippen LogP contribution in [0.1, 0.15) is 36.6 Å². The lowest BCUT2D eigenvalue weighted by atomic mass is 9.95. The van der Waals surface area contributed by atoms with Crippen molar-refractivity contribution in [3.63, 3.8) is 0 Å². The predicted molar refractivity (Wildman–Crippen MR) is 144 cm³/mol. The summed E-state index contributed by atoms with van der Waals surface area (Å²) >= 11 is 1.33. The normalized spacial score (nSPS) is 17.1. The summed E-state index contributed by atoms with van der Waals surface area (Å²) in [6.07, 6.45) is -0.00393. The Labute approximate surface area is 218 Å². The van der Waals surface area contributed by atoms with Gasteiger partial charge in [0.2, 0.25) is 0 Å². The minimum atomic E-state index is -0.874. The lowest BCUT2D eigenvalue weighted by Crippen LogP contribution is -2.29. The number of methoxy groups -OCH3 is 1. The van der Waals surface area contributed by atoms with Crippen LogP contribution in [0.15, 0.2) is 72.3 Å². The number of amides is 1. The summed E-state index contributed by atoms with van der Waals surface area (Å²) < 4.78 is 12.0. The fourth-order valence-corrected chi connectivity index (χ4v) is 5.49. The maximum Gasteiger partial charge on any atom is 0.301 e. The second kappa shape index (κ2) is 9.71. The van der Waals surface area contributed by atoms with Crippen molar-refractivity contribution in [3.05, 3.63) is 89.0 Å². The van der Waals surface area contributed by atoms with E-state index in [0.29, 0.717) is 27.8 Å². The van der Waals surface area contributed by atoms with Crippen molar-refractivity contribution in [2.75, 3.05) is 12.0 Å². The first-order valence-electron chi connectivity index (χ1n) is 11.9. The van der Waals surface area contributed by atoms with Gasteiger partial charge in [-0.15, -0.1) is 0 Å². The lowest BCUT2D eigenvalue weighted by molar-refractivity contribution is -0.132. The molecule has 1 atom stereocenters. The number of Topliss-reactive ketones (excluding diaryl/α,β-unsaturated/α-hetero) is 1. The molecule has 5 rings (SSSR count). The van der Waals surface area contributed by atoms with E-state index in [1.807, 2.05) is 39.0 Å². The molecular formula is C29H26N2O5S. The van der Waals surface area contributed by atoms with E-state index in [0.717, 1.165) is 15.8 Å². The van der Waals surface area contributed by atoms with Crippen LogP contribution in [0.5, 0.6) is 11.5 Å². The zero-order chi connectivity index (χ0) is 26.3. The van der Waals surface area contributed by atoms with Gasteiger partial charge in [-0.2, -0.15) is 0 Å². The Balaban J connectivity index is 1.69. The Morgan fingerprint density at radius 2 is 1.78 bits per heavy atom. The molecule has 1 aliphatic heterocycles. The van der Waals surface area contributed by atoms with E-state index in [1.54, 1.807) is 48.5 Å². The van der Waals surface area contributed by atoms with Crippen molar-refractivity contribution in [1.29, 1.82) is 0 Å². The van der Waals surface area contributed by atoms with Gasteiger partial charge in [0.15, 0.2) is 5.13 Å². The van der Waals surface area contributed by atoms with Crippen molar-refractivity contribution in [2.45, 2.75) is 32.9 Å². The third-order valence-corrected chi connectivity index (χ3v) is 7.11. The van der Waals surface area contributed by atoms with Crippen molar-refractivity contribution in [1.82, 2.24) is 4.98 Å². The molecule has 1 unspecified atom stereocenters. The number of aliphatic hydroxyl groups is 1. The van der Waals surface area contributed by atoms with E-state index in [-0.39, 0.29) is 17.4 Å². The van der Waals surface area contributed by atoms with Crippen LogP contribution in [0.2, 0.25) is 0 Å². The molecule has 1 amide bonds. The number of hydrogen-bond acceptors (Lipinski definition) is 7. The number of benzene rings is 3. The van der Waals surface area contributed by atoms with E-state index >= 15 is 0 Å². The summed E-state index contributed by atoms with van der Waals surface area (Å²) in [4.78, 5) is 32.9. The van der Waals surface area contributed by atoms with E-state index < -0.39 is 17.7 Å². The quantitative estimate of drug-likeness (QED) is 0.192. The smallest absolute Gasteiger partial charge is 0.301 e. The second-order valence-corrected chi connectivity index (χ2v) is 10.1. The number of nitrogens with zero attached hydrogens (tertiary/aromatic N) is 2. The van der Waals surface area contributed by atoms with Crippen molar-refractivity contribution in [3.8, 4) is 11.5 Å². The summed E-state index contributed by atoms with van der Waals surface area (Å²) in [5, 5.41) is 11.7. The predicted octanol–water partition coefficient (Wildman–Crippen LogP) is 6.03. The van der Waals surface area contributed by atoms with Gasteiger partial charge in [0, 0.05) is 5.56 Å². The highest BCUT2D eigenvalue weighted by Gasteiger charge is 2.48. The number of carbonyl (C=O) groups excluding carboxylic acids is 2. The average molecular weight is 515 g/mol. The van der Waals surface area contributed by atoms with E-state index in [4.69, 9.17) is 9.47 Å². The maximum absolute atomic E-state index is 13.5. The number of aromatic nitrogens is 1. The zero-order valence-electron chi connectivity index (χ0n) is 20.9. The minimum Gasteiger partial charge on any atom is -0.507 e. The number of ether oxygens (including phenoxy) is 2. The molecule has 37 heavy (non-hydrogen) atoms. The van der Waals surface area contributed by atoms with Crippen LogP contribution in [-0.2, 0) is 9.59 Å². The van der Waals surface area contributed by atoms with Crippen LogP contribution in [0.25, 0.3) is 16.0 Å². The number of thiazole rings is 1. The van der Waals surface area contributed by atoms with Crippen molar-refractivity contribution in [2.24, 2.45) is 0 Å². The first-order valence-corrected chi connectivity index (χ1v) is 12.7. The number of fused-ring (bicyclic) bond motifs is 1. The molecule has 1 aliphatic rings. The van der Waals surface area contributed by atoms with Crippen LogP contribution < -0.4 is 14.4 Å². The molecule has 1 N–H and O–H groups in total. The minimum absolute atomic E-state index is 0.00393. The zero-order valence-corrected chi connectivity index (χ0v) is 21.7. The Morgan fingerprint density at radius 1 is 1.03 bits per heavy atom. The molecule has 3 aromatic carbocycles. The number of aliphatic hydroxyl groups excluding tert-OH is 1. The molecule has 7 nitrogen and oxygen atoms in total. The van der Waals surface area contributed by atoms with Gasteiger partial charge in [0.25, 0.3) is 5.78 Å². The Morgan fingerprint density at radius 3 is 2.49 bits per heavy atom. The highest BCUT2D eigenvalue weighted by atomic mass is 32.1. The fraction of sp³-hybridized carbons (Fsp3) is 0.207. The second-order valence-electron chi connectivity index (χ2n) is 9.10. The van der Waals surface area contributed by atoms with Crippen LogP contribution in [0.4, 0.5) is 5.13 Å². The van der Waals surface area contributed by atoms with Gasteiger partial charge in [-0.25, -0.2) is 4.98 Å². The molecule has 4 aromatic rings. The molecule has 1 fully saturated rings. The van der Waals surface area contributed by atoms with Crippen molar-refractivity contribution < 1.29 is 24.2 Å². The lowest BCUT2D eigenvalue weighted by Gasteiger charge is -2.23. The molecule has 0 aliphatic carbocycles. The van der Waals surface area contributed by atoms with Crippen LogP contribution in [0, 0.1) is 6.92 Å².